The molecule has 21 heavy (non-hydrogen) atoms. The van der Waals surface area contributed by atoms with Gasteiger partial charge in [-0.3, -0.25) is 11.3 Å². The maximum atomic E-state index is 13.9. The fourth-order valence-corrected chi connectivity index (χ4v) is 3.04. The second-order valence-electron chi connectivity index (χ2n) is 5.52. The summed E-state index contributed by atoms with van der Waals surface area (Å²) in [7, 11) is 0. The van der Waals surface area contributed by atoms with Crippen LogP contribution in [0.1, 0.15) is 34.7 Å². The molecule has 0 saturated heterocycles. The van der Waals surface area contributed by atoms with Gasteiger partial charge in [0.15, 0.2) is 11.6 Å². The van der Waals surface area contributed by atoms with E-state index in [0.717, 1.165) is 24.5 Å². The van der Waals surface area contributed by atoms with Crippen molar-refractivity contribution in [3.8, 4) is 0 Å². The number of hydrogen-bond donors (Lipinski definition) is 2. The van der Waals surface area contributed by atoms with Crippen LogP contribution in [0.5, 0.6) is 0 Å². The van der Waals surface area contributed by atoms with Gasteiger partial charge in [-0.15, -0.1) is 0 Å². The standard InChI is InChI=1S/C17H18F2N2/c18-15-6-2-5-14(17(15)19)16(21-20)10-11-7-8-12-3-1-4-13(12)9-11/h2,5-9,16,21H,1,3-4,10,20H2. The molecule has 3 N–H and O–H groups in total. The van der Waals surface area contributed by atoms with Gasteiger partial charge in [-0.25, -0.2) is 8.78 Å². The summed E-state index contributed by atoms with van der Waals surface area (Å²) in [5.41, 5.74) is 6.70. The molecule has 3 rings (SSSR count). The molecular weight excluding hydrogens is 270 g/mol. The number of nitrogens with two attached hydrogens (primary N) is 1. The van der Waals surface area contributed by atoms with E-state index in [9.17, 15) is 8.78 Å². The van der Waals surface area contributed by atoms with Gasteiger partial charge >= 0.3 is 0 Å². The summed E-state index contributed by atoms with van der Waals surface area (Å²) >= 11 is 0. The number of fused-ring (bicyclic) bond motifs is 1. The van der Waals surface area contributed by atoms with Crippen LogP contribution in [-0.2, 0) is 19.3 Å². The van der Waals surface area contributed by atoms with Crippen molar-refractivity contribution in [2.45, 2.75) is 31.7 Å². The lowest BCUT2D eigenvalue weighted by Gasteiger charge is -2.18. The highest BCUT2D eigenvalue weighted by molar-refractivity contribution is 5.36. The third-order valence-corrected chi connectivity index (χ3v) is 4.16. The van der Waals surface area contributed by atoms with Gasteiger partial charge in [-0.05, 0) is 48.4 Å². The van der Waals surface area contributed by atoms with Crippen molar-refractivity contribution in [1.82, 2.24) is 5.43 Å². The molecule has 1 atom stereocenters. The molecule has 0 aliphatic heterocycles. The van der Waals surface area contributed by atoms with Crippen molar-refractivity contribution >= 4 is 0 Å². The monoisotopic (exact) mass is 288 g/mol. The number of aryl methyl sites for hydroxylation is 2. The molecule has 0 radical (unpaired) electrons. The third-order valence-electron chi connectivity index (χ3n) is 4.16. The van der Waals surface area contributed by atoms with Crippen molar-refractivity contribution in [2.24, 2.45) is 5.84 Å². The van der Waals surface area contributed by atoms with Gasteiger partial charge in [-0.1, -0.05) is 30.3 Å². The molecule has 0 amide bonds. The Morgan fingerprint density at radius 2 is 1.90 bits per heavy atom. The van der Waals surface area contributed by atoms with Crippen LogP contribution < -0.4 is 11.3 Å². The molecule has 0 spiro atoms. The van der Waals surface area contributed by atoms with Gasteiger partial charge in [0.2, 0.25) is 0 Å². The molecule has 1 aliphatic carbocycles. The van der Waals surface area contributed by atoms with E-state index in [2.05, 4.69) is 17.6 Å². The van der Waals surface area contributed by atoms with Crippen molar-refractivity contribution in [3.05, 3.63) is 70.3 Å². The fraction of sp³-hybridized carbons (Fsp3) is 0.294. The van der Waals surface area contributed by atoms with Crippen molar-refractivity contribution < 1.29 is 8.78 Å². The fourth-order valence-electron chi connectivity index (χ4n) is 3.04. The van der Waals surface area contributed by atoms with E-state index in [1.54, 1.807) is 6.07 Å². The Kier molecular flexibility index (Phi) is 3.99. The quantitative estimate of drug-likeness (QED) is 0.670. The molecular formula is C17H18F2N2. The molecule has 2 aromatic rings. The largest absolute Gasteiger partial charge is 0.271 e. The summed E-state index contributed by atoms with van der Waals surface area (Å²) in [5.74, 6) is 3.87. The SMILES string of the molecule is NNC(Cc1ccc2c(c1)CCC2)c1cccc(F)c1F. The minimum atomic E-state index is -0.846. The van der Waals surface area contributed by atoms with Gasteiger partial charge in [0.1, 0.15) is 0 Å². The Bertz CT molecular complexity index is 655. The molecule has 1 unspecified atom stereocenters. The van der Waals surface area contributed by atoms with Crippen LogP contribution in [0.15, 0.2) is 36.4 Å². The van der Waals surface area contributed by atoms with Crippen molar-refractivity contribution in [1.29, 1.82) is 0 Å². The van der Waals surface area contributed by atoms with Gasteiger partial charge in [0.25, 0.3) is 0 Å². The first kappa shape index (κ1) is 14.2. The number of hydrogen-bond acceptors (Lipinski definition) is 2. The van der Waals surface area contributed by atoms with Crippen LogP contribution in [0.4, 0.5) is 8.78 Å². The lowest BCUT2D eigenvalue weighted by atomic mass is 9.96. The zero-order chi connectivity index (χ0) is 14.8. The van der Waals surface area contributed by atoms with E-state index in [1.807, 2.05) is 6.07 Å². The molecule has 1 aliphatic rings. The average molecular weight is 288 g/mol. The normalized spacial score (nSPS) is 15.0. The van der Waals surface area contributed by atoms with E-state index in [4.69, 9.17) is 5.84 Å². The second-order valence-corrected chi connectivity index (χ2v) is 5.52. The van der Waals surface area contributed by atoms with Gasteiger partial charge < -0.3 is 0 Å². The molecule has 2 aromatic carbocycles. The van der Waals surface area contributed by atoms with E-state index in [1.165, 1.54) is 23.6 Å². The summed E-state index contributed by atoms with van der Waals surface area (Å²) in [4.78, 5) is 0. The highest BCUT2D eigenvalue weighted by atomic mass is 19.2. The first-order valence-corrected chi connectivity index (χ1v) is 7.19. The van der Waals surface area contributed by atoms with Crippen LogP contribution in [0, 0.1) is 11.6 Å². The minimum absolute atomic E-state index is 0.262. The van der Waals surface area contributed by atoms with Gasteiger partial charge in [0, 0.05) is 5.56 Å². The molecule has 0 aromatic heterocycles. The van der Waals surface area contributed by atoms with Gasteiger partial charge in [0.05, 0.1) is 6.04 Å². The summed E-state index contributed by atoms with van der Waals surface area (Å²) in [6, 6.07) is 10.1. The predicted octanol–water partition coefficient (Wildman–Crippen LogP) is 3.20. The maximum Gasteiger partial charge on any atom is 0.163 e. The summed E-state index contributed by atoms with van der Waals surface area (Å²) in [6.07, 6.45) is 3.95. The van der Waals surface area contributed by atoms with E-state index in [0.29, 0.717) is 6.42 Å². The third kappa shape index (κ3) is 2.82. The molecule has 0 saturated carbocycles. The maximum absolute atomic E-state index is 13.9. The molecule has 4 heteroatoms. The van der Waals surface area contributed by atoms with Crippen LogP contribution in [0.3, 0.4) is 0 Å². The van der Waals surface area contributed by atoms with Gasteiger partial charge in [-0.2, -0.15) is 0 Å². The highest BCUT2D eigenvalue weighted by Gasteiger charge is 2.18. The van der Waals surface area contributed by atoms with Crippen molar-refractivity contribution in [2.75, 3.05) is 0 Å². The number of halogens is 2. The zero-order valence-electron chi connectivity index (χ0n) is 11.7. The molecule has 2 nitrogen and oxygen atoms in total. The molecule has 0 fully saturated rings. The smallest absolute Gasteiger partial charge is 0.163 e. The lowest BCUT2D eigenvalue weighted by molar-refractivity contribution is 0.464. The Balaban J connectivity index is 1.86. The Labute approximate surface area is 122 Å². The number of hydrazine groups is 1. The van der Waals surface area contributed by atoms with Crippen LogP contribution in [-0.4, -0.2) is 0 Å². The topological polar surface area (TPSA) is 38.0 Å². The molecule has 110 valence electrons. The second kappa shape index (κ2) is 5.92. The predicted molar refractivity (Wildman–Crippen MR) is 78.6 cm³/mol. The van der Waals surface area contributed by atoms with E-state index < -0.39 is 17.7 Å². The Hall–Kier alpha value is -1.78. The summed E-state index contributed by atoms with van der Waals surface area (Å²) in [6.45, 7) is 0. The summed E-state index contributed by atoms with van der Waals surface area (Å²) < 4.78 is 27.2. The van der Waals surface area contributed by atoms with E-state index >= 15 is 0 Å². The lowest BCUT2D eigenvalue weighted by Crippen LogP contribution is -2.30. The van der Waals surface area contributed by atoms with Crippen LogP contribution in [0.25, 0.3) is 0 Å². The van der Waals surface area contributed by atoms with Crippen LogP contribution in [0.2, 0.25) is 0 Å². The molecule has 0 heterocycles. The number of benzene rings is 2. The van der Waals surface area contributed by atoms with Crippen LogP contribution >= 0.6 is 0 Å². The first-order chi connectivity index (χ1) is 10.2. The highest BCUT2D eigenvalue weighted by Crippen LogP contribution is 2.26. The summed E-state index contributed by atoms with van der Waals surface area (Å²) in [5, 5.41) is 0. The van der Waals surface area contributed by atoms with E-state index in [-0.39, 0.29) is 5.56 Å². The molecule has 0 bridgehead atoms. The van der Waals surface area contributed by atoms with Crippen molar-refractivity contribution in [3.63, 3.8) is 0 Å². The first-order valence-electron chi connectivity index (χ1n) is 7.19. The average Bonchev–Trinajstić information content (AvgIpc) is 2.95. The number of rotatable bonds is 4. The zero-order valence-corrected chi connectivity index (χ0v) is 11.7. The minimum Gasteiger partial charge on any atom is -0.271 e. The Morgan fingerprint density at radius 1 is 1.10 bits per heavy atom. The Morgan fingerprint density at radius 3 is 2.71 bits per heavy atom. The number of nitrogens with one attached hydrogen (secondary N) is 1.